The molecule has 0 saturated carbocycles. The Morgan fingerprint density at radius 2 is 1.43 bits per heavy atom. The number of benzene rings is 1. The van der Waals surface area contributed by atoms with Crippen LogP contribution in [0.1, 0.15) is 10.4 Å². The zero-order valence-electron chi connectivity index (χ0n) is 12.2. The van der Waals surface area contributed by atoms with E-state index >= 15 is 0 Å². The van der Waals surface area contributed by atoms with Crippen molar-refractivity contribution in [1.29, 1.82) is 0 Å². The number of nitrogen functional groups attached to an aromatic ring is 2. The molecule has 0 aliphatic heterocycles. The van der Waals surface area contributed by atoms with Gasteiger partial charge in [0.05, 0.1) is 38.6 Å². The van der Waals surface area contributed by atoms with E-state index in [1.165, 1.54) is 12.1 Å². The van der Waals surface area contributed by atoms with Crippen molar-refractivity contribution >= 4 is 17.3 Å². The summed E-state index contributed by atoms with van der Waals surface area (Å²) < 4.78 is 20.3. The van der Waals surface area contributed by atoms with Gasteiger partial charge in [-0.25, -0.2) is 4.79 Å². The Morgan fingerprint density at radius 3 is 2.00 bits per heavy atom. The quantitative estimate of drug-likeness (QED) is 0.372. The highest BCUT2D eigenvalue weighted by Crippen LogP contribution is 2.14. The average molecular weight is 298 g/mol. The maximum absolute atomic E-state index is 11.7. The molecular weight excluding hydrogens is 276 g/mol. The van der Waals surface area contributed by atoms with Crippen LogP contribution in [-0.4, -0.2) is 52.7 Å². The molecule has 0 atom stereocenters. The molecule has 7 heteroatoms. The van der Waals surface area contributed by atoms with Crippen molar-refractivity contribution < 1.29 is 23.7 Å². The van der Waals surface area contributed by atoms with Crippen molar-refractivity contribution in [2.75, 3.05) is 58.2 Å². The fourth-order valence-electron chi connectivity index (χ4n) is 1.54. The molecule has 118 valence electrons. The van der Waals surface area contributed by atoms with Gasteiger partial charge in [0.25, 0.3) is 0 Å². The van der Waals surface area contributed by atoms with Crippen molar-refractivity contribution in [2.24, 2.45) is 0 Å². The van der Waals surface area contributed by atoms with Crippen LogP contribution in [0.4, 0.5) is 11.4 Å². The summed E-state index contributed by atoms with van der Waals surface area (Å²) in [6, 6.07) is 4.61. The maximum atomic E-state index is 11.7. The highest BCUT2D eigenvalue weighted by Gasteiger charge is 2.08. The number of hydrogen-bond acceptors (Lipinski definition) is 7. The minimum atomic E-state index is -0.478. The SMILES string of the molecule is COCCOCCOCCOC(=O)c1cc(N)cc(N)c1. The van der Waals surface area contributed by atoms with E-state index in [-0.39, 0.29) is 6.61 Å². The van der Waals surface area contributed by atoms with Crippen LogP contribution in [0.25, 0.3) is 0 Å². The van der Waals surface area contributed by atoms with Crippen LogP contribution in [-0.2, 0) is 18.9 Å². The number of carbonyl (C=O) groups excluding carboxylic acids is 1. The normalized spacial score (nSPS) is 10.5. The standard InChI is InChI=1S/C14H22N2O5/c1-18-2-3-19-4-5-20-6-7-21-14(17)11-8-12(15)10-13(16)9-11/h8-10H,2-7,15-16H2,1H3. The lowest BCUT2D eigenvalue weighted by molar-refractivity contribution is 0.00570. The van der Waals surface area contributed by atoms with Gasteiger partial charge < -0.3 is 30.4 Å². The molecule has 0 heterocycles. The van der Waals surface area contributed by atoms with E-state index in [0.717, 1.165) is 0 Å². The van der Waals surface area contributed by atoms with Crippen LogP contribution in [0.3, 0.4) is 0 Å². The smallest absolute Gasteiger partial charge is 0.338 e. The van der Waals surface area contributed by atoms with E-state index in [1.54, 1.807) is 13.2 Å². The molecule has 0 saturated heterocycles. The molecule has 0 spiro atoms. The number of esters is 1. The molecule has 0 fully saturated rings. The average Bonchev–Trinajstić information content (AvgIpc) is 2.44. The Kier molecular flexibility index (Phi) is 8.18. The van der Waals surface area contributed by atoms with Crippen molar-refractivity contribution in [3.63, 3.8) is 0 Å². The van der Waals surface area contributed by atoms with Gasteiger partial charge in [-0.1, -0.05) is 0 Å². The minimum absolute atomic E-state index is 0.158. The molecule has 0 radical (unpaired) electrons. The van der Waals surface area contributed by atoms with Crippen LogP contribution in [0.2, 0.25) is 0 Å². The van der Waals surface area contributed by atoms with Gasteiger partial charge in [0.1, 0.15) is 6.61 Å². The molecule has 1 aromatic rings. The summed E-state index contributed by atoms with van der Waals surface area (Å²) in [7, 11) is 1.61. The number of ether oxygens (including phenoxy) is 4. The first-order valence-corrected chi connectivity index (χ1v) is 6.61. The van der Waals surface area contributed by atoms with Gasteiger partial charge in [-0.05, 0) is 18.2 Å². The number of rotatable bonds is 10. The van der Waals surface area contributed by atoms with Gasteiger partial charge in [-0.3, -0.25) is 0 Å². The topological polar surface area (TPSA) is 106 Å². The lowest BCUT2D eigenvalue weighted by Gasteiger charge is -2.08. The summed E-state index contributed by atoms with van der Waals surface area (Å²) in [6.45, 7) is 2.46. The third kappa shape index (κ3) is 7.50. The fraction of sp³-hybridized carbons (Fsp3) is 0.500. The molecule has 0 bridgehead atoms. The first-order valence-electron chi connectivity index (χ1n) is 6.61. The van der Waals surface area contributed by atoms with Crippen LogP contribution in [0.15, 0.2) is 18.2 Å². The van der Waals surface area contributed by atoms with Crippen molar-refractivity contribution in [1.82, 2.24) is 0 Å². The molecular formula is C14H22N2O5. The second-order valence-corrected chi connectivity index (χ2v) is 4.24. The monoisotopic (exact) mass is 298 g/mol. The van der Waals surface area contributed by atoms with E-state index in [1.807, 2.05) is 0 Å². The van der Waals surface area contributed by atoms with Gasteiger partial charge in [-0.2, -0.15) is 0 Å². The lowest BCUT2D eigenvalue weighted by Crippen LogP contribution is -2.14. The van der Waals surface area contributed by atoms with Gasteiger partial charge in [0.2, 0.25) is 0 Å². The highest BCUT2D eigenvalue weighted by atomic mass is 16.6. The molecule has 0 amide bonds. The largest absolute Gasteiger partial charge is 0.460 e. The van der Waals surface area contributed by atoms with Crippen LogP contribution in [0.5, 0.6) is 0 Å². The van der Waals surface area contributed by atoms with Crippen molar-refractivity contribution in [2.45, 2.75) is 0 Å². The van der Waals surface area contributed by atoms with Crippen LogP contribution >= 0.6 is 0 Å². The third-order valence-corrected chi connectivity index (χ3v) is 2.48. The van der Waals surface area contributed by atoms with E-state index in [0.29, 0.717) is 50.0 Å². The number of nitrogens with two attached hydrogens (primary N) is 2. The van der Waals surface area contributed by atoms with Crippen LogP contribution in [0, 0.1) is 0 Å². The Bertz CT molecular complexity index is 419. The zero-order valence-corrected chi connectivity index (χ0v) is 12.2. The third-order valence-electron chi connectivity index (χ3n) is 2.48. The maximum Gasteiger partial charge on any atom is 0.338 e. The summed E-state index contributed by atoms with van der Waals surface area (Å²) in [5.41, 5.74) is 12.4. The molecule has 4 N–H and O–H groups in total. The molecule has 1 rings (SSSR count). The second-order valence-electron chi connectivity index (χ2n) is 4.24. The molecule has 0 aliphatic carbocycles. The van der Waals surface area contributed by atoms with E-state index in [4.69, 9.17) is 30.4 Å². The number of carbonyl (C=O) groups is 1. The Labute approximate surface area is 124 Å². The molecule has 1 aromatic carbocycles. The summed E-state index contributed by atoms with van der Waals surface area (Å²) >= 11 is 0. The van der Waals surface area contributed by atoms with E-state index in [9.17, 15) is 4.79 Å². The van der Waals surface area contributed by atoms with Crippen molar-refractivity contribution in [3.8, 4) is 0 Å². The summed E-state index contributed by atoms with van der Waals surface area (Å²) in [5.74, 6) is -0.478. The summed E-state index contributed by atoms with van der Waals surface area (Å²) in [4.78, 5) is 11.7. The van der Waals surface area contributed by atoms with Gasteiger partial charge in [-0.15, -0.1) is 0 Å². The van der Waals surface area contributed by atoms with Gasteiger partial charge in [0, 0.05) is 18.5 Å². The zero-order chi connectivity index (χ0) is 15.5. The number of methoxy groups -OCH3 is 1. The Balaban J connectivity index is 2.11. The van der Waals surface area contributed by atoms with Crippen molar-refractivity contribution in [3.05, 3.63) is 23.8 Å². The first kappa shape index (κ1) is 17.2. The predicted molar refractivity (Wildman–Crippen MR) is 79.1 cm³/mol. The number of hydrogen-bond donors (Lipinski definition) is 2. The van der Waals surface area contributed by atoms with E-state index < -0.39 is 5.97 Å². The molecule has 0 aliphatic rings. The van der Waals surface area contributed by atoms with E-state index in [2.05, 4.69) is 0 Å². The first-order chi connectivity index (χ1) is 10.1. The van der Waals surface area contributed by atoms with Gasteiger partial charge >= 0.3 is 5.97 Å². The van der Waals surface area contributed by atoms with Crippen LogP contribution < -0.4 is 11.5 Å². The second kappa shape index (κ2) is 9.98. The number of anilines is 2. The molecule has 0 aromatic heterocycles. The lowest BCUT2D eigenvalue weighted by atomic mass is 10.2. The van der Waals surface area contributed by atoms with Gasteiger partial charge in [0.15, 0.2) is 0 Å². The Morgan fingerprint density at radius 1 is 0.905 bits per heavy atom. The summed E-state index contributed by atoms with van der Waals surface area (Å²) in [6.07, 6.45) is 0. The Hall–Kier alpha value is -1.83. The molecule has 21 heavy (non-hydrogen) atoms. The predicted octanol–water partition coefficient (Wildman–Crippen LogP) is 0.687. The highest BCUT2D eigenvalue weighted by molar-refractivity contribution is 5.91. The fourth-order valence-corrected chi connectivity index (χ4v) is 1.54. The molecule has 0 unspecified atom stereocenters. The summed E-state index contributed by atoms with van der Waals surface area (Å²) in [5, 5.41) is 0. The molecule has 7 nitrogen and oxygen atoms in total. The minimum Gasteiger partial charge on any atom is -0.460 e.